The molecule has 2 unspecified atom stereocenters. The maximum Gasteiger partial charge on any atom is 0.136 e. The van der Waals surface area contributed by atoms with Crippen LogP contribution in [0, 0.1) is 0 Å². The Balaban J connectivity index is 0.994. The van der Waals surface area contributed by atoms with Gasteiger partial charge in [-0.1, -0.05) is 146 Å². The highest BCUT2D eigenvalue weighted by Gasteiger charge is 2.28. The van der Waals surface area contributed by atoms with Crippen molar-refractivity contribution >= 4 is 81.1 Å². The minimum absolute atomic E-state index is 0.124. The molecule has 1 aliphatic heterocycles. The zero-order chi connectivity index (χ0) is 37.5. The number of hydrogen-bond donors (Lipinski definition) is 2. The fraction of sp³-hybridized carbons (Fsp3) is 0.0392. The first-order chi connectivity index (χ1) is 28.3. The standard InChI is InChI=1S/C51H34N4OS/c1-3-14-31(15-4-1)49-52-50(32-16-5-2-6-17-32)54-51(53-49)40-23-13-27-44-46(40)39-29-28-33(30-45(39)56-44)34-20-11-21-37-38-22-12-26-43(48(38)57-47(34)37)55-41-24-9-7-18-35(41)36-19-8-10-25-42(36)55/h1-30,49,51,53H,(H,52,54). The van der Waals surface area contributed by atoms with Crippen molar-refractivity contribution in [3.8, 4) is 16.8 Å². The third-order valence-electron chi connectivity index (χ3n) is 11.5. The number of furan rings is 1. The van der Waals surface area contributed by atoms with Crippen molar-refractivity contribution in [3.63, 3.8) is 0 Å². The SMILES string of the molecule is c1ccc(C2=NC(c3cccc4oc5cc(-c6cccc7c6sc6c(-n8c9ccccc9c9ccccc98)cccc67)ccc5c34)NC(c3ccccc3)N2)cc1. The van der Waals surface area contributed by atoms with Gasteiger partial charge in [-0.3, -0.25) is 5.32 Å². The van der Waals surface area contributed by atoms with E-state index in [0.717, 1.165) is 50.0 Å². The average Bonchev–Trinajstić information content (AvgIpc) is 3.96. The van der Waals surface area contributed by atoms with Crippen LogP contribution in [0.1, 0.15) is 29.0 Å². The number of aromatic nitrogens is 1. The van der Waals surface area contributed by atoms with E-state index in [4.69, 9.17) is 9.41 Å². The Morgan fingerprint density at radius 1 is 0.526 bits per heavy atom. The van der Waals surface area contributed by atoms with Crippen LogP contribution in [-0.2, 0) is 0 Å². The molecule has 12 rings (SSSR count). The van der Waals surface area contributed by atoms with E-state index in [2.05, 4.69) is 185 Å². The predicted octanol–water partition coefficient (Wildman–Crippen LogP) is 13.1. The summed E-state index contributed by atoms with van der Waals surface area (Å²) in [6, 6.07) is 64.8. The van der Waals surface area contributed by atoms with Crippen LogP contribution >= 0.6 is 11.3 Å². The molecule has 0 fully saturated rings. The molecule has 6 heteroatoms. The van der Waals surface area contributed by atoms with E-state index in [-0.39, 0.29) is 12.3 Å². The van der Waals surface area contributed by atoms with E-state index in [1.54, 1.807) is 0 Å². The molecule has 0 amide bonds. The third kappa shape index (κ3) is 5.08. The first-order valence-electron chi connectivity index (χ1n) is 19.4. The van der Waals surface area contributed by atoms with Crippen molar-refractivity contribution < 1.29 is 4.42 Å². The van der Waals surface area contributed by atoms with Gasteiger partial charge in [-0.15, -0.1) is 11.3 Å². The number of benzene rings is 8. The van der Waals surface area contributed by atoms with Crippen LogP contribution in [-0.4, -0.2) is 10.4 Å². The number of thiophene rings is 1. The Kier molecular flexibility index (Phi) is 7.24. The van der Waals surface area contributed by atoms with Gasteiger partial charge in [0.15, 0.2) is 0 Å². The summed E-state index contributed by atoms with van der Waals surface area (Å²) in [4.78, 5) is 5.27. The van der Waals surface area contributed by atoms with Gasteiger partial charge in [0, 0.05) is 48.1 Å². The van der Waals surface area contributed by atoms with Crippen molar-refractivity contribution in [2.45, 2.75) is 12.3 Å². The summed E-state index contributed by atoms with van der Waals surface area (Å²) in [7, 11) is 0. The van der Waals surface area contributed by atoms with Gasteiger partial charge in [-0.2, -0.15) is 0 Å². The van der Waals surface area contributed by atoms with Crippen LogP contribution < -0.4 is 10.6 Å². The Bertz CT molecular complexity index is 3320. The number of rotatable bonds is 5. The van der Waals surface area contributed by atoms with Crippen molar-refractivity contribution in [2.75, 3.05) is 0 Å². The molecule has 2 atom stereocenters. The monoisotopic (exact) mass is 750 g/mol. The van der Waals surface area contributed by atoms with Gasteiger partial charge in [0.25, 0.3) is 0 Å². The normalized spacial score (nSPS) is 15.9. The van der Waals surface area contributed by atoms with Crippen molar-refractivity contribution in [1.29, 1.82) is 0 Å². The molecular formula is C51H34N4OS. The summed E-state index contributed by atoms with van der Waals surface area (Å²) in [5, 5.41) is 14.7. The first-order valence-corrected chi connectivity index (χ1v) is 20.2. The second-order valence-corrected chi connectivity index (χ2v) is 15.8. The summed E-state index contributed by atoms with van der Waals surface area (Å²) in [6.07, 6.45) is -0.423. The van der Waals surface area contributed by atoms with Crippen LogP contribution in [0.25, 0.3) is 80.7 Å². The topological polar surface area (TPSA) is 54.5 Å². The second-order valence-electron chi connectivity index (χ2n) is 14.7. The van der Waals surface area contributed by atoms with Gasteiger partial charge in [0.05, 0.1) is 21.4 Å². The van der Waals surface area contributed by atoms with Crippen LogP contribution in [0.3, 0.4) is 0 Å². The highest BCUT2D eigenvalue weighted by Crippen LogP contribution is 2.45. The number of para-hydroxylation sites is 2. The van der Waals surface area contributed by atoms with Crippen LogP contribution in [0.5, 0.6) is 0 Å². The van der Waals surface area contributed by atoms with E-state index in [9.17, 15) is 0 Å². The molecule has 11 aromatic rings. The van der Waals surface area contributed by atoms with Gasteiger partial charge < -0.3 is 14.3 Å². The van der Waals surface area contributed by atoms with Crippen molar-refractivity contribution in [2.24, 2.45) is 4.99 Å². The minimum Gasteiger partial charge on any atom is -0.456 e. The Labute approximate surface area is 332 Å². The van der Waals surface area contributed by atoms with E-state index < -0.39 is 0 Å². The molecule has 0 saturated carbocycles. The lowest BCUT2D eigenvalue weighted by molar-refractivity contribution is 0.410. The number of hydrogen-bond acceptors (Lipinski definition) is 5. The average molecular weight is 751 g/mol. The second kappa shape index (κ2) is 12.8. The number of aliphatic imine (C=N–C) groups is 1. The molecule has 0 saturated heterocycles. The van der Waals surface area contributed by atoms with Gasteiger partial charge in [0.2, 0.25) is 0 Å². The molecule has 4 heterocycles. The van der Waals surface area contributed by atoms with Crippen molar-refractivity contribution in [1.82, 2.24) is 15.2 Å². The third-order valence-corrected chi connectivity index (χ3v) is 12.8. The number of fused-ring (bicyclic) bond motifs is 9. The highest BCUT2D eigenvalue weighted by atomic mass is 32.1. The molecule has 8 aromatic carbocycles. The predicted molar refractivity (Wildman–Crippen MR) is 238 cm³/mol. The number of nitrogens with one attached hydrogen (secondary N) is 2. The van der Waals surface area contributed by atoms with E-state index >= 15 is 0 Å². The quantitative estimate of drug-likeness (QED) is 0.184. The number of nitrogens with zero attached hydrogens (tertiary/aromatic N) is 2. The molecule has 0 spiro atoms. The molecule has 2 N–H and O–H groups in total. The zero-order valence-corrected chi connectivity index (χ0v) is 31.5. The van der Waals surface area contributed by atoms with E-state index in [1.807, 2.05) is 23.5 Å². The molecule has 0 bridgehead atoms. The summed E-state index contributed by atoms with van der Waals surface area (Å²) in [6.45, 7) is 0. The lowest BCUT2D eigenvalue weighted by Gasteiger charge is -2.32. The number of amidine groups is 1. The zero-order valence-electron chi connectivity index (χ0n) is 30.7. The molecule has 5 nitrogen and oxygen atoms in total. The van der Waals surface area contributed by atoms with E-state index in [1.165, 1.54) is 53.2 Å². The maximum absolute atomic E-state index is 6.70. The molecule has 1 aliphatic rings. The van der Waals surface area contributed by atoms with Crippen molar-refractivity contribution in [3.05, 3.63) is 199 Å². The summed E-state index contributed by atoms with van der Waals surface area (Å²) < 4.78 is 11.7. The Morgan fingerprint density at radius 2 is 1.19 bits per heavy atom. The summed E-state index contributed by atoms with van der Waals surface area (Å²) in [5.41, 5.74) is 11.0. The van der Waals surface area contributed by atoms with Crippen LogP contribution in [0.2, 0.25) is 0 Å². The lowest BCUT2D eigenvalue weighted by Crippen LogP contribution is -2.44. The van der Waals surface area contributed by atoms with Gasteiger partial charge >= 0.3 is 0 Å². The molecular weight excluding hydrogens is 717 g/mol. The smallest absolute Gasteiger partial charge is 0.136 e. The fourth-order valence-corrected chi connectivity index (χ4v) is 10.3. The Morgan fingerprint density at radius 3 is 1.98 bits per heavy atom. The van der Waals surface area contributed by atoms with Crippen LogP contribution in [0.15, 0.2) is 191 Å². The van der Waals surface area contributed by atoms with Gasteiger partial charge in [0.1, 0.15) is 29.3 Å². The van der Waals surface area contributed by atoms with Crippen LogP contribution in [0.4, 0.5) is 0 Å². The van der Waals surface area contributed by atoms with Gasteiger partial charge in [-0.25, -0.2) is 4.99 Å². The first kappa shape index (κ1) is 32.3. The summed E-state index contributed by atoms with van der Waals surface area (Å²) >= 11 is 1.87. The highest BCUT2D eigenvalue weighted by molar-refractivity contribution is 7.26. The summed E-state index contributed by atoms with van der Waals surface area (Å²) in [5.74, 6) is 0.859. The molecule has 0 radical (unpaired) electrons. The van der Waals surface area contributed by atoms with E-state index in [0.29, 0.717) is 0 Å². The Hall–Kier alpha value is -6.99. The molecule has 0 aliphatic carbocycles. The maximum atomic E-state index is 6.70. The molecule has 57 heavy (non-hydrogen) atoms. The largest absolute Gasteiger partial charge is 0.456 e. The molecule has 3 aromatic heterocycles. The van der Waals surface area contributed by atoms with Gasteiger partial charge in [-0.05, 0) is 53.1 Å². The minimum atomic E-state index is -0.299. The fourth-order valence-electron chi connectivity index (χ4n) is 8.92. The molecule has 270 valence electrons. The lowest BCUT2D eigenvalue weighted by atomic mass is 9.99.